The van der Waals surface area contributed by atoms with E-state index in [2.05, 4.69) is 6.58 Å². The lowest BCUT2D eigenvalue weighted by molar-refractivity contribution is -0.185. The van der Waals surface area contributed by atoms with Crippen LogP contribution in [0.4, 0.5) is 13.2 Å². The minimum Gasteiger partial charge on any atom is -0.331 e. The van der Waals surface area contributed by atoms with E-state index in [1.54, 1.807) is 19.1 Å². The van der Waals surface area contributed by atoms with Crippen molar-refractivity contribution in [3.63, 3.8) is 0 Å². The molecule has 1 heterocycles. The summed E-state index contributed by atoms with van der Waals surface area (Å²) in [4.78, 5) is 11.9. The van der Waals surface area contributed by atoms with Crippen LogP contribution in [0.5, 0.6) is 0 Å². The molecule has 0 unspecified atom stereocenters. The van der Waals surface area contributed by atoms with Gasteiger partial charge in [0, 0.05) is 13.1 Å². The second-order valence-electron chi connectivity index (χ2n) is 3.87. The van der Waals surface area contributed by atoms with Crippen molar-refractivity contribution >= 4 is 5.91 Å². The molecule has 0 N–H and O–H groups in total. The van der Waals surface area contributed by atoms with Crippen LogP contribution in [0.15, 0.2) is 36.0 Å². The van der Waals surface area contributed by atoms with Gasteiger partial charge in [0.15, 0.2) is 0 Å². The second-order valence-corrected chi connectivity index (χ2v) is 3.87. The van der Waals surface area contributed by atoms with Gasteiger partial charge in [-0.25, -0.2) is 0 Å². The number of rotatable bonds is 2. The summed E-state index contributed by atoms with van der Waals surface area (Å²) in [6.45, 7) is 5.40. The Bertz CT molecular complexity index is 380. The van der Waals surface area contributed by atoms with Crippen LogP contribution in [0.25, 0.3) is 0 Å². The summed E-state index contributed by atoms with van der Waals surface area (Å²) in [5, 5.41) is 0. The topological polar surface area (TPSA) is 20.3 Å². The van der Waals surface area contributed by atoms with Crippen LogP contribution >= 0.6 is 0 Å². The minimum absolute atomic E-state index is 0.0369. The Morgan fingerprint density at radius 2 is 2.12 bits per heavy atom. The molecule has 2 nitrogen and oxygen atoms in total. The SMILES string of the molecule is C=C/C=C\C1=C(C)CN(C(=O)C(F)(F)F)CC1. The molecule has 1 aliphatic heterocycles. The van der Waals surface area contributed by atoms with E-state index in [-0.39, 0.29) is 13.1 Å². The zero-order valence-electron chi connectivity index (χ0n) is 9.55. The lowest BCUT2D eigenvalue weighted by Gasteiger charge is -2.29. The third-order valence-corrected chi connectivity index (χ3v) is 2.59. The van der Waals surface area contributed by atoms with Gasteiger partial charge in [0.05, 0.1) is 0 Å². The molecule has 0 aliphatic carbocycles. The van der Waals surface area contributed by atoms with Crippen molar-refractivity contribution in [2.75, 3.05) is 13.1 Å². The quantitative estimate of drug-likeness (QED) is 0.685. The molecule has 5 heteroatoms. The number of halogens is 3. The fourth-order valence-electron chi connectivity index (χ4n) is 1.70. The summed E-state index contributed by atoms with van der Waals surface area (Å²) in [5.41, 5.74) is 1.75. The largest absolute Gasteiger partial charge is 0.471 e. The highest BCUT2D eigenvalue weighted by molar-refractivity contribution is 5.82. The second kappa shape index (κ2) is 5.21. The minimum atomic E-state index is -4.78. The number of hydrogen-bond donors (Lipinski definition) is 0. The number of carbonyl (C=O) groups is 1. The molecule has 0 spiro atoms. The average Bonchev–Trinajstić information content (AvgIpc) is 2.25. The van der Waals surface area contributed by atoms with Gasteiger partial charge in [-0.2, -0.15) is 13.2 Å². The number of amides is 1. The van der Waals surface area contributed by atoms with E-state index in [0.29, 0.717) is 6.42 Å². The molecule has 1 rings (SSSR count). The Morgan fingerprint density at radius 1 is 1.47 bits per heavy atom. The van der Waals surface area contributed by atoms with E-state index in [0.717, 1.165) is 16.0 Å². The molecule has 1 amide bonds. The molecular weight excluding hydrogens is 231 g/mol. The lowest BCUT2D eigenvalue weighted by atomic mass is 10.0. The molecule has 0 fully saturated rings. The average molecular weight is 245 g/mol. The van der Waals surface area contributed by atoms with E-state index in [1.165, 1.54) is 0 Å². The van der Waals surface area contributed by atoms with Gasteiger partial charge in [-0.05, 0) is 18.9 Å². The Balaban J connectivity index is 2.77. The highest BCUT2D eigenvalue weighted by Gasteiger charge is 2.42. The van der Waals surface area contributed by atoms with Crippen LogP contribution in [-0.4, -0.2) is 30.1 Å². The first-order chi connectivity index (χ1) is 7.86. The molecule has 17 heavy (non-hydrogen) atoms. The number of nitrogens with zero attached hydrogens (tertiary/aromatic N) is 1. The molecule has 94 valence electrons. The number of carbonyl (C=O) groups excluding carboxylic acids is 1. The summed E-state index contributed by atoms with van der Waals surface area (Å²) in [5.74, 6) is -1.76. The van der Waals surface area contributed by atoms with Crippen LogP contribution in [0, 0.1) is 0 Å². The standard InChI is InChI=1S/C12H14F3NO/c1-3-4-5-10-6-7-16(8-9(10)2)11(17)12(13,14)15/h3-5H,1,6-8H2,2H3/b5-4-. The Hall–Kier alpha value is -1.52. The molecule has 0 saturated carbocycles. The first-order valence-corrected chi connectivity index (χ1v) is 5.20. The van der Waals surface area contributed by atoms with Gasteiger partial charge in [-0.3, -0.25) is 4.79 Å². The van der Waals surface area contributed by atoms with Gasteiger partial charge in [-0.1, -0.05) is 30.4 Å². The van der Waals surface area contributed by atoms with Gasteiger partial charge >= 0.3 is 12.1 Å². The summed E-state index contributed by atoms with van der Waals surface area (Å²) in [6.07, 6.45) is 0.818. The maximum atomic E-state index is 12.2. The maximum Gasteiger partial charge on any atom is 0.471 e. The van der Waals surface area contributed by atoms with Crippen molar-refractivity contribution < 1.29 is 18.0 Å². The summed E-state index contributed by atoms with van der Waals surface area (Å²) < 4.78 is 36.7. The summed E-state index contributed by atoms with van der Waals surface area (Å²) >= 11 is 0. The fourth-order valence-corrected chi connectivity index (χ4v) is 1.70. The summed E-state index contributed by atoms with van der Waals surface area (Å²) in [7, 11) is 0. The van der Waals surface area contributed by atoms with E-state index in [4.69, 9.17) is 0 Å². The van der Waals surface area contributed by atoms with Gasteiger partial charge in [-0.15, -0.1) is 0 Å². The monoisotopic (exact) mass is 245 g/mol. The van der Waals surface area contributed by atoms with Crippen molar-refractivity contribution in [3.05, 3.63) is 36.0 Å². The Labute approximate surface area is 98.1 Å². The molecule has 0 aromatic heterocycles. The lowest BCUT2D eigenvalue weighted by Crippen LogP contribution is -2.44. The summed E-state index contributed by atoms with van der Waals surface area (Å²) in [6, 6.07) is 0. The Morgan fingerprint density at radius 3 is 2.59 bits per heavy atom. The third-order valence-electron chi connectivity index (χ3n) is 2.59. The third kappa shape index (κ3) is 3.47. The first kappa shape index (κ1) is 13.5. The van der Waals surface area contributed by atoms with E-state index < -0.39 is 12.1 Å². The van der Waals surface area contributed by atoms with E-state index in [1.807, 2.05) is 6.08 Å². The predicted octanol–water partition coefficient (Wildman–Crippen LogP) is 2.84. The van der Waals surface area contributed by atoms with Crippen LogP contribution in [0.3, 0.4) is 0 Å². The van der Waals surface area contributed by atoms with E-state index in [9.17, 15) is 18.0 Å². The van der Waals surface area contributed by atoms with Gasteiger partial charge in [0.25, 0.3) is 0 Å². The predicted molar refractivity (Wildman–Crippen MR) is 59.3 cm³/mol. The zero-order valence-corrected chi connectivity index (χ0v) is 9.55. The highest BCUT2D eigenvalue weighted by Crippen LogP contribution is 2.24. The molecule has 0 saturated heterocycles. The maximum absolute atomic E-state index is 12.2. The molecular formula is C12H14F3NO. The van der Waals surface area contributed by atoms with Crippen molar-refractivity contribution in [1.82, 2.24) is 4.90 Å². The highest BCUT2D eigenvalue weighted by atomic mass is 19.4. The number of hydrogen-bond acceptors (Lipinski definition) is 1. The van der Waals surface area contributed by atoms with Crippen LogP contribution in [0.2, 0.25) is 0 Å². The molecule has 0 aromatic carbocycles. The number of alkyl halides is 3. The molecule has 1 aliphatic rings. The van der Waals surface area contributed by atoms with Crippen LogP contribution in [-0.2, 0) is 4.79 Å². The smallest absolute Gasteiger partial charge is 0.331 e. The van der Waals surface area contributed by atoms with Crippen molar-refractivity contribution in [2.45, 2.75) is 19.5 Å². The first-order valence-electron chi connectivity index (χ1n) is 5.20. The van der Waals surface area contributed by atoms with Gasteiger partial charge in [0.2, 0.25) is 0 Å². The normalized spacial score (nSPS) is 17.8. The van der Waals surface area contributed by atoms with Gasteiger partial charge < -0.3 is 4.90 Å². The number of allylic oxidation sites excluding steroid dienone is 3. The van der Waals surface area contributed by atoms with Crippen molar-refractivity contribution in [1.29, 1.82) is 0 Å². The zero-order chi connectivity index (χ0) is 13.1. The molecule has 0 aromatic rings. The van der Waals surface area contributed by atoms with Gasteiger partial charge in [0.1, 0.15) is 0 Å². The van der Waals surface area contributed by atoms with Crippen molar-refractivity contribution in [2.24, 2.45) is 0 Å². The van der Waals surface area contributed by atoms with Crippen molar-refractivity contribution in [3.8, 4) is 0 Å². The molecule has 0 bridgehead atoms. The van der Waals surface area contributed by atoms with Crippen LogP contribution < -0.4 is 0 Å². The van der Waals surface area contributed by atoms with Crippen LogP contribution in [0.1, 0.15) is 13.3 Å². The van der Waals surface area contributed by atoms with E-state index >= 15 is 0 Å². The Kier molecular flexibility index (Phi) is 4.15. The molecule has 0 atom stereocenters. The fraction of sp³-hybridized carbons (Fsp3) is 0.417. The molecule has 0 radical (unpaired) electrons.